The van der Waals surface area contributed by atoms with Gasteiger partial charge in [-0.25, -0.2) is 0 Å². The van der Waals surface area contributed by atoms with Crippen LogP contribution in [0, 0.1) is 0 Å². The SMILES string of the molecule is CCOc1c(/C=C2\SC(=S)N(NC(=O)c3ccccc3)C2=O)cccc1OC. The average Bonchev–Trinajstić information content (AvgIpc) is 2.97. The Morgan fingerprint density at radius 2 is 1.96 bits per heavy atom. The number of para-hydroxylation sites is 1. The van der Waals surface area contributed by atoms with E-state index in [-0.39, 0.29) is 4.32 Å². The van der Waals surface area contributed by atoms with Gasteiger partial charge in [-0.15, -0.1) is 0 Å². The molecule has 0 aliphatic carbocycles. The highest BCUT2D eigenvalue weighted by atomic mass is 32.2. The minimum atomic E-state index is -0.408. The topological polar surface area (TPSA) is 67.9 Å². The van der Waals surface area contributed by atoms with Crippen molar-refractivity contribution in [1.29, 1.82) is 0 Å². The zero-order chi connectivity index (χ0) is 20.1. The Kier molecular flexibility index (Phi) is 6.33. The molecule has 1 aliphatic rings. The maximum atomic E-state index is 12.8. The Bertz CT molecular complexity index is 944. The number of rotatable bonds is 6. The molecule has 1 saturated heterocycles. The third-order valence-electron chi connectivity index (χ3n) is 3.85. The Hall–Kier alpha value is -2.84. The van der Waals surface area contributed by atoms with Crippen LogP contribution < -0.4 is 14.9 Å². The van der Waals surface area contributed by atoms with Crippen LogP contribution in [0.3, 0.4) is 0 Å². The summed E-state index contributed by atoms with van der Waals surface area (Å²) in [6, 6.07) is 14.0. The van der Waals surface area contributed by atoms with Gasteiger partial charge in [0.05, 0.1) is 18.6 Å². The molecule has 0 spiro atoms. The van der Waals surface area contributed by atoms with Crippen molar-refractivity contribution in [2.24, 2.45) is 0 Å². The molecule has 0 radical (unpaired) electrons. The predicted molar refractivity (Wildman–Crippen MR) is 113 cm³/mol. The molecule has 6 nitrogen and oxygen atoms in total. The zero-order valence-electron chi connectivity index (χ0n) is 15.3. The Morgan fingerprint density at radius 1 is 1.21 bits per heavy atom. The molecular formula is C20H18N2O4S2. The highest BCUT2D eigenvalue weighted by Crippen LogP contribution is 2.37. The van der Waals surface area contributed by atoms with Crippen LogP contribution in [0.1, 0.15) is 22.8 Å². The molecule has 1 heterocycles. The fraction of sp³-hybridized carbons (Fsp3) is 0.150. The van der Waals surface area contributed by atoms with Gasteiger partial charge in [0.2, 0.25) is 0 Å². The predicted octanol–water partition coefficient (Wildman–Crippen LogP) is 3.64. The lowest BCUT2D eigenvalue weighted by Gasteiger charge is -2.15. The molecule has 3 rings (SSSR count). The van der Waals surface area contributed by atoms with Crippen LogP contribution in [-0.4, -0.2) is 34.9 Å². The quantitative estimate of drug-likeness (QED) is 0.575. The monoisotopic (exact) mass is 414 g/mol. The van der Waals surface area contributed by atoms with Crippen molar-refractivity contribution in [1.82, 2.24) is 10.4 Å². The average molecular weight is 415 g/mol. The molecule has 28 heavy (non-hydrogen) atoms. The first-order valence-corrected chi connectivity index (χ1v) is 9.71. The molecule has 1 fully saturated rings. The second-order valence-corrected chi connectivity index (χ2v) is 7.31. The van der Waals surface area contributed by atoms with Crippen molar-refractivity contribution in [3.63, 3.8) is 0 Å². The number of carbonyl (C=O) groups excluding carboxylic acids is 2. The van der Waals surface area contributed by atoms with Gasteiger partial charge in [0.1, 0.15) is 0 Å². The van der Waals surface area contributed by atoms with Crippen LogP contribution >= 0.6 is 24.0 Å². The summed E-state index contributed by atoms with van der Waals surface area (Å²) in [5.74, 6) is 0.314. The first-order chi connectivity index (χ1) is 13.5. The first kappa shape index (κ1) is 19.9. The summed E-state index contributed by atoms with van der Waals surface area (Å²) < 4.78 is 11.3. The highest BCUT2D eigenvalue weighted by Gasteiger charge is 2.34. The van der Waals surface area contributed by atoms with E-state index in [0.717, 1.165) is 16.8 Å². The third-order valence-corrected chi connectivity index (χ3v) is 5.15. The van der Waals surface area contributed by atoms with Crippen LogP contribution in [0.15, 0.2) is 53.4 Å². The molecule has 2 amide bonds. The molecule has 0 aromatic heterocycles. The van der Waals surface area contributed by atoms with Crippen LogP contribution in [0.2, 0.25) is 0 Å². The van der Waals surface area contributed by atoms with Crippen molar-refractivity contribution in [2.45, 2.75) is 6.92 Å². The number of nitrogens with one attached hydrogen (secondary N) is 1. The highest BCUT2D eigenvalue weighted by molar-refractivity contribution is 8.26. The molecule has 1 N–H and O–H groups in total. The molecule has 2 aromatic rings. The Morgan fingerprint density at radius 3 is 2.64 bits per heavy atom. The molecule has 1 aliphatic heterocycles. The molecule has 0 unspecified atom stereocenters. The van der Waals surface area contributed by atoms with Gasteiger partial charge in [0.15, 0.2) is 15.8 Å². The van der Waals surface area contributed by atoms with Gasteiger partial charge in [-0.2, -0.15) is 5.01 Å². The van der Waals surface area contributed by atoms with Gasteiger partial charge in [-0.05, 0) is 43.4 Å². The van der Waals surface area contributed by atoms with Gasteiger partial charge in [-0.1, -0.05) is 42.1 Å². The third kappa shape index (κ3) is 4.18. The molecule has 0 bridgehead atoms. The standard InChI is InChI=1S/C20H18N2O4S2/c1-3-26-17-14(10-7-11-15(17)25-2)12-16-19(24)22(20(27)28-16)21-18(23)13-8-5-4-6-9-13/h4-12H,3H2,1-2H3,(H,21,23)/b16-12-. The van der Waals surface area contributed by atoms with E-state index in [4.69, 9.17) is 21.7 Å². The lowest BCUT2D eigenvalue weighted by Crippen LogP contribution is -2.44. The van der Waals surface area contributed by atoms with Gasteiger partial charge in [0.25, 0.3) is 11.8 Å². The van der Waals surface area contributed by atoms with E-state index >= 15 is 0 Å². The maximum absolute atomic E-state index is 12.8. The number of carbonyl (C=O) groups is 2. The summed E-state index contributed by atoms with van der Waals surface area (Å²) in [6.45, 7) is 2.32. The van der Waals surface area contributed by atoms with E-state index in [1.807, 2.05) is 25.1 Å². The molecule has 8 heteroatoms. The van der Waals surface area contributed by atoms with E-state index in [9.17, 15) is 9.59 Å². The lowest BCUT2D eigenvalue weighted by atomic mass is 10.1. The number of nitrogens with zero attached hydrogens (tertiary/aromatic N) is 1. The minimum Gasteiger partial charge on any atom is -0.493 e. The first-order valence-electron chi connectivity index (χ1n) is 8.49. The normalized spacial score (nSPS) is 15.1. The fourth-order valence-corrected chi connectivity index (χ4v) is 3.74. The fourth-order valence-electron chi connectivity index (χ4n) is 2.57. The number of amides is 2. The van der Waals surface area contributed by atoms with E-state index in [1.165, 1.54) is 0 Å². The number of methoxy groups -OCH3 is 1. The summed E-state index contributed by atoms with van der Waals surface area (Å²) in [6.07, 6.45) is 1.68. The maximum Gasteiger partial charge on any atom is 0.285 e. The number of thioether (sulfide) groups is 1. The second kappa shape index (κ2) is 8.90. The number of benzene rings is 2. The van der Waals surface area contributed by atoms with Gasteiger partial charge in [-0.3, -0.25) is 15.0 Å². The minimum absolute atomic E-state index is 0.251. The molecule has 0 atom stereocenters. The van der Waals surface area contributed by atoms with Gasteiger partial charge in [0, 0.05) is 11.1 Å². The largest absolute Gasteiger partial charge is 0.493 e. The van der Waals surface area contributed by atoms with Crippen LogP contribution in [0.5, 0.6) is 11.5 Å². The van der Waals surface area contributed by atoms with E-state index in [2.05, 4.69) is 5.43 Å². The molecule has 144 valence electrons. The van der Waals surface area contributed by atoms with Crippen molar-refractivity contribution in [2.75, 3.05) is 13.7 Å². The summed E-state index contributed by atoms with van der Waals surface area (Å²) in [7, 11) is 1.56. The van der Waals surface area contributed by atoms with E-state index < -0.39 is 11.8 Å². The Labute approximate surface area is 172 Å². The van der Waals surface area contributed by atoms with Crippen molar-refractivity contribution < 1.29 is 19.1 Å². The van der Waals surface area contributed by atoms with E-state index in [0.29, 0.717) is 34.1 Å². The summed E-state index contributed by atoms with van der Waals surface area (Å²) in [5, 5.41) is 1.09. The van der Waals surface area contributed by atoms with Crippen LogP contribution in [0.4, 0.5) is 0 Å². The molecule has 0 saturated carbocycles. The number of hydrazine groups is 1. The number of ether oxygens (including phenoxy) is 2. The van der Waals surface area contributed by atoms with Gasteiger partial charge < -0.3 is 9.47 Å². The molecular weight excluding hydrogens is 396 g/mol. The van der Waals surface area contributed by atoms with E-state index in [1.54, 1.807) is 43.5 Å². The summed E-state index contributed by atoms with van der Waals surface area (Å²) in [4.78, 5) is 25.5. The lowest BCUT2D eigenvalue weighted by molar-refractivity contribution is -0.123. The Balaban J connectivity index is 1.85. The molecule has 2 aromatic carbocycles. The smallest absolute Gasteiger partial charge is 0.285 e. The van der Waals surface area contributed by atoms with Crippen molar-refractivity contribution >= 4 is 46.2 Å². The van der Waals surface area contributed by atoms with Crippen molar-refractivity contribution in [3.05, 3.63) is 64.6 Å². The summed E-state index contributed by atoms with van der Waals surface area (Å²) in [5.41, 5.74) is 3.69. The van der Waals surface area contributed by atoms with Crippen LogP contribution in [0.25, 0.3) is 6.08 Å². The number of hydrogen-bond acceptors (Lipinski definition) is 6. The summed E-state index contributed by atoms with van der Waals surface area (Å²) >= 11 is 6.38. The van der Waals surface area contributed by atoms with Crippen LogP contribution in [-0.2, 0) is 4.79 Å². The number of thiocarbonyl (C=S) groups is 1. The second-order valence-electron chi connectivity index (χ2n) is 5.64. The number of hydrogen-bond donors (Lipinski definition) is 1. The van der Waals surface area contributed by atoms with Gasteiger partial charge >= 0.3 is 0 Å². The van der Waals surface area contributed by atoms with Crippen molar-refractivity contribution in [3.8, 4) is 11.5 Å². The zero-order valence-corrected chi connectivity index (χ0v) is 16.9.